The maximum atomic E-state index is 5.53. The van der Waals surface area contributed by atoms with E-state index in [0.717, 1.165) is 5.75 Å². The molecule has 1 nitrogen and oxygen atoms in total. The molecule has 0 fully saturated rings. The fourth-order valence-corrected chi connectivity index (χ4v) is 4.18. The van der Waals surface area contributed by atoms with E-state index in [1.807, 2.05) is 0 Å². The van der Waals surface area contributed by atoms with Gasteiger partial charge in [-0.3, -0.25) is 0 Å². The van der Waals surface area contributed by atoms with Crippen LogP contribution in [0.2, 0.25) is 0 Å². The minimum absolute atomic E-state index is 0.987. The van der Waals surface area contributed by atoms with Crippen LogP contribution in [0.25, 0.3) is 10.8 Å². The lowest BCUT2D eigenvalue weighted by Crippen LogP contribution is -1.89. The molecule has 0 aliphatic carbocycles. The number of thioether (sulfide) groups is 1. The molecular formula is C24H36OS. The lowest BCUT2D eigenvalue weighted by molar-refractivity contribution is 0.405. The summed E-state index contributed by atoms with van der Waals surface area (Å²) < 4.78 is 5.53. The van der Waals surface area contributed by atoms with Crippen LogP contribution in [0, 0.1) is 0 Å². The maximum absolute atomic E-state index is 5.53. The van der Waals surface area contributed by atoms with E-state index in [9.17, 15) is 0 Å². The summed E-state index contributed by atoms with van der Waals surface area (Å²) in [5, 5.41) is 2.60. The summed E-state index contributed by atoms with van der Waals surface area (Å²) >= 11 is 1.74. The van der Waals surface area contributed by atoms with Gasteiger partial charge in [0.05, 0.1) is 7.11 Å². The first kappa shape index (κ1) is 21.2. The predicted molar refractivity (Wildman–Crippen MR) is 118 cm³/mol. The molecule has 0 aliphatic heterocycles. The van der Waals surface area contributed by atoms with Crippen LogP contribution >= 0.6 is 11.8 Å². The predicted octanol–water partition coefficient (Wildman–Crippen LogP) is 8.03. The number of unbranched alkanes of at least 4 members (excludes halogenated alkanes) is 9. The highest BCUT2D eigenvalue weighted by Crippen LogP contribution is 2.32. The molecule has 0 radical (unpaired) electrons. The van der Waals surface area contributed by atoms with Gasteiger partial charge in [0.1, 0.15) is 5.75 Å². The Bertz CT molecular complexity index is 650. The lowest BCUT2D eigenvalue weighted by atomic mass is 10.0. The van der Waals surface area contributed by atoms with Crippen LogP contribution in [-0.2, 0) is 6.42 Å². The molecule has 0 unspecified atom stereocenters. The minimum Gasteiger partial charge on any atom is -0.496 e. The highest BCUT2D eigenvalue weighted by atomic mass is 32.2. The van der Waals surface area contributed by atoms with Gasteiger partial charge in [0, 0.05) is 4.90 Å². The van der Waals surface area contributed by atoms with E-state index in [1.165, 1.54) is 91.9 Å². The summed E-state index contributed by atoms with van der Waals surface area (Å²) in [7, 11) is 1.76. The van der Waals surface area contributed by atoms with Crippen molar-refractivity contribution in [2.45, 2.75) is 82.4 Å². The first-order valence-electron chi connectivity index (χ1n) is 10.4. The van der Waals surface area contributed by atoms with E-state index in [1.54, 1.807) is 18.9 Å². The van der Waals surface area contributed by atoms with E-state index in [0.29, 0.717) is 0 Å². The Morgan fingerprint density at radius 1 is 0.769 bits per heavy atom. The van der Waals surface area contributed by atoms with Crippen molar-refractivity contribution in [3.63, 3.8) is 0 Å². The molecule has 0 N–H and O–H groups in total. The molecule has 26 heavy (non-hydrogen) atoms. The third kappa shape index (κ3) is 6.87. The summed E-state index contributed by atoms with van der Waals surface area (Å²) in [5.74, 6) is 0.987. The molecule has 0 aromatic heterocycles. The van der Waals surface area contributed by atoms with Crippen molar-refractivity contribution < 1.29 is 4.74 Å². The average Bonchev–Trinajstić information content (AvgIpc) is 2.68. The Labute approximate surface area is 164 Å². The topological polar surface area (TPSA) is 9.23 Å². The van der Waals surface area contributed by atoms with Crippen molar-refractivity contribution in [3.8, 4) is 5.75 Å². The van der Waals surface area contributed by atoms with Crippen LogP contribution in [0.3, 0.4) is 0 Å². The molecular weight excluding hydrogens is 336 g/mol. The normalized spacial score (nSPS) is 11.2. The van der Waals surface area contributed by atoms with Gasteiger partial charge in [-0.15, -0.1) is 11.8 Å². The SMILES string of the molecule is CCCCCCCCCCCCc1ccc2cc(SC)c(OC)cc2c1. The van der Waals surface area contributed by atoms with Crippen molar-refractivity contribution in [2.24, 2.45) is 0 Å². The van der Waals surface area contributed by atoms with Gasteiger partial charge in [0.2, 0.25) is 0 Å². The number of methoxy groups -OCH3 is 1. The molecule has 2 heteroatoms. The van der Waals surface area contributed by atoms with Crippen LogP contribution in [0.15, 0.2) is 35.2 Å². The molecule has 144 valence electrons. The number of ether oxygens (including phenoxy) is 1. The Balaban J connectivity index is 1.72. The summed E-state index contributed by atoms with van der Waals surface area (Å²) in [5.41, 5.74) is 1.45. The Hall–Kier alpha value is -1.15. The van der Waals surface area contributed by atoms with Crippen LogP contribution in [0.5, 0.6) is 5.75 Å². The molecule has 2 rings (SSSR count). The van der Waals surface area contributed by atoms with Crippen LogP contribution in [0.1, 0.15) is 76.7 Å². The number of aryl methyl sites for hydroxylation is 1. The average molecular weight is 373 g/mol. The standard InChI is InChI=1S/C24H36OS/c1-4-5-6-7-8-9-10-11-12-13-14-20-15-16-21-19-24(26-3)23(25-2)18-22(21)17-20/h15-19H,4-14H2,1-3H3. The number of rotatable bonds is 13. The third-order valence-corrected chi connectivity index (χ3v) is 5.98. The van der Waals surface area contributed by atoms with Crippen LogP contribution in [0.4, 0.5) is 0 Å². The lowest BCUT2D eigenvalue weighted by Gasteiger charge is -2.10. The van der Waals surface area contributed by atoms with Crippen molar-refractivity contribution in [1.82, 2.24) is 0 Å². The first-order valence-corrected chi connectivity index (χ1v) is 11.7. The zero-order valence-corrected chi connectivity index (χ0v) is 17.8. The molecule has 0 atom stereocenters. The second kappa shape index (κ2) is 12.3. The van der Waals surface area contributed by atoms with Gasteiger partial charge < -0.3 is 4.74 Å². The van der Waals surface area contributed by atoms with Crippen molar-refractivity contribution in [3.05, 3.63) is 35.9 Å². The van der Waals surface area contributed by atoms with Gasteiger partial charge in [-0.2, -0.15) is 0 Å². The molecule has 2 aromatic rings. The van der Waals surface area contributed by atoms with Gasteiger partial charge >= 0.3 is 0 Å². The third-order valence-electron chi connectivity index (χ3n) is 5.23. The number of hydrogen-bond donors (Lipinski definition) is 0. The number of benzene rings is 2. The van der Waals surface area contributed by atoms with E-state index < -0.39 is 0 Å². The smallest absolute Gasteiger partial charge is 0.133 e. The van der Waals surface area contributed by atoms with Crippen molar-refractivity contribution in [2.75, 3.05) is 13.4 Å². The highest BCUT2D eigenvalue weighted by Gasteiger charge is 2.05. The number of fused-ring (bicyclic) bond motifs is 1. The monoisotopic (exact) mass is 372 g/mol. The van der Waals surface area contributed by atoms with E-state index in [2.05, 4.69) is 43.5 Å². The molecule has 2 aromatic carbocycles. The second-order valence-corrected chi connectivity index (χ2v) is 8.17. The van der Waals surface area contributed by atoms with Gasteiger partial charge in [-0.25, -0.2) is 0 Å². The molecule has 0 saturated heterocycles. The maximum Gasteiger partial charge on any atom is 0.133 e. The molecule has 0 spiro atoms. The fourth-order valence-electron chi connectivity index (χ4n) is 3.60. The van der Waals surface area contributed by atoms with Gasteiger partial charge in [0.25, 0.3) is 0 Å². The van der Waals surface area contributed by atoms with Gasteiger partial charge in [-0.05, 0) is 47.6 Å². The summed E-state index contributed by atoms with van der Waals surface area (Å²) in [6.45, 7) is 2.29. The van der Waals surface area contributed by atoms with E-state index in [-0.39, 0.29) is 0 Å². The largest absolute Gasteiger partial charge is 0.496 e. The summed E-state index contributed by atoms with van der Waals surface area (Å²) in [6, 6.07) is 11.3. The van der Waals surface area contributed by atoms with Crippen molar-refractivity contribution in [1.29, 1.82) is 0 Å². The Morgan fingerprint density at radius 2 is 1.42 bits per heavy atom. The first-order chi connectivity index (χ1) is 12.8. The Kier molecular flexibility index (Phi) is 9.99. The van der Waals surface area contributed by atoms with Crippen LogP contribution in [-0.4, -0.2) is 13.4 Å². The van der Waals surface area contributed by atoms with E-state index in [4.69, 9.17) is 4.74 Å². The fraction of sp³-hybridized carbons (Fsp3) is 0.583. The van der Waals surface area contributed by atoms with Crippen molar-refractivity contribution >= 4 is 22.5 Å². The van der Waals surface area contributed by atoms with E-state index >= 15 is 0 Å². The highest BCUT2D eigenvalue weighted by molar-refractivity contribution is 7.98. The van der Waals surface area contributed by atoms with Crippen LogP contribution < -0.4 is 4.74 Å². The number of hydrogen-bond acceptors (Lipinski definition) is 2. The minimum atomic E-state index is 0.987. The molecule has 0 heterocycles. The second-order valence-electron chi connectivity index (χ2n) is 7.32. The molecule has 0 amide bonds. The molecule has 0 bridgehead atoms. The summed E-state index contributed by atoms with van der Waals surface area (Å²) in [6.07, 6.45) is 17.3. The summed E-state index contributed by atoms with van der Waals surface area (Å²) in [4.78, 5) is 1.21. The quantitative estimate of drug-likeness (QED) is 0.260. The van der Waals surface area contributed by atoms with Gasteiger partial charge in [0.15, 0.2) is 0 Å². The Morgan fingerprint density at radius 3 is 2.04 bits per heavy atom. The zero-order valence-electron chi connectivity index (χ0n) is 17.0. The molecule has 0 saturated carbocycles. The molecule has 0 aliphatic rings. The van der Waals surface area contributed by atoms with Gasteiger partial charge in [-0.1, -0.05) is 82.9 Å². The zero-order chi connectivity index (χ0) is 18.6.